The lowest BCUT2D eigenvalue weighted by Crippen LogP contribution is -2.40. The Morgan fingerprint density at radius 2 is 1.90 bits per heavy atom. The van der Waals surface area contributed by atoms with Crippen LogP contribution in [0.15, 0.2) is 42.6 Å². The molecule has 3 rings (SSSR count). The third-order valence-electron chi connectivity index (χ3n) is 5.27. The second-order valence-corrected chi connectivity index (χ2v) is 7.81. The molecular weight excluding hydrogens is 366 g/mol. The lowest BCUT2D eigenvalue weighted by molar-refractivity contribution is -0.127. The number of nitrogens with zero attached hydrogens (tertiary/aromatic N) is 3. The molecule has 1 aromatic carbocycles. The van der Waals surface area contributed by atoms with Gasteiger partial charge < -0.3 is 20.3 Å². The van der Waals surface area contributed by atoms with Crippen LogP contribution >= 0.6 is 0 Å². The minimum atomic E-state index is -0.503. The van der Waals surface area contributed by atoms with Gasteiger partial charge in [-0.3, -0.25) is 4.79 Å². The smallest absolute Gasteiger partial charge is 0.260 e. The van der Waals surface area contributed by atoms with Crippen molar-refractivity contribution < 1.29 is 9.53 Å². The minimum absolute atomic E-state index is 0.0667. The molecule has 1 aromatic heterocycles. The average molecular weight is 398 g/mol. The van der Waals surface area contributed by atoms with Crippen LogP contribution < -0.4 is 20.3 Å². The van der Waals surface area contributed by atoms with E-state index in [9.17, 15) is 4.79 Å². The van der Waals surface area contributed by atoms with Crippen molar-refractivity contribution >= 4 is 17.7 Å². The first-order valence-electron chi connectivity index (χ1n) is 10.3. The number of para-hydroxylation sites is 1. The van der Waals surface area contributed by atoms with E-state index in [1.54, 1.807) is 13.1 Å². The van der Waals surface area contributed by atoms with Crippen molar-refractivity contribution in [3.05, 3.63) is 42.6 Å². The molecule has 0 bridgehead atoms. The van der Waals surface area contributed by atoms with Gasteiger partial charge in [0, 0.05) is 32.9 Å². The van der Waals surface area contributed by atoms with E-state index < -0.39 is 6.10 Å². The molecule has 1 aliphatic carbocycles. The number of carbonyl (C=O) groups is 1. The highest BCUT2D eigenvalue weighted by molar-refractivity contribution is 5.80. The third-order valence-corrected chi connectivity index (χ3v) is 5.27. The molecular formula is C22H31N5O2. The van der Waals surface area contributed by atoms with E-state index in [1.165, 1.54) is 0 Å². The fraction of sp³-hybridized carbons (Fsp3) is 0.500. The molecule has 156 valence electrons. The molecule has 7 nitrogen and oxygen atoms in total. The summed E-state index contributed by atoms with van der Waals surface area (Å²) < 4.78 is 5.69. The maximum atomic E-state index is 12.3. The van der Waals surface area contributed by atoms with E-state index in [1.807, 2.05) is 55.4 Å². The lowest BCUT2D eigenvalue weighted by atomic mass is 9.86. The summed E-state index contributed by atoms with van der Waals surface area (Å²) in [7, 11) is 3.94. The van der Waals surface area contributed by atoms with Crippen molar-refractivity contribution in [3.63, 3.8) is 0 Å². The van der Waals surface area contributed by atoms with Crippen LogP contribution in [0.5, 0.6) is 5.75 Å². The zero-order valence-electron chi connectivity index (χ0n) is 17.5. The second kappa shape index (κ2) is 10.1. The van der Waals surface area contributed by atoms with E-state index in [2.05, 4.69) is 20.6 Å². The molecule has 0 spiro atoms. The summed E-state index contributed by atoms with van der Waals surface area (Å²) >= 11 is 0. The summed E-state index contributed by atoms with van der Waals surface area (Å²) in [5.41, 5.74) is 0. The molecule has 1 heterocycles. The Morgan fingerprint density at radius 3 is 2.59 bits per heavy atom. The SMILES string of the molecule is CC(Oc1ccccc1)C(=O)NCC1CCC(Nc2nccc(N(C)C)n2)CC1. The molecule has 0 saturated heterocycles. The molecule has 29 heavy (non-hydrogen) atoms. The van der Waals surface area contributed by atoms with Gasteiger partial charge in [0.25, 0.3) is 5.91 Å². The van der Waals surface area contributed by atoms with Crippen LogP contribution in [0.25, 0.3) is 0 Å². The van der Waals surface area contributed by atoms with Crippen molar-refractivity contribution in [2.24, 2.45) is 5.92 Å². The highest BCUT2D eigenvalue weighted by Crippen LogP contribution is 2.26. The van der Waals surface area contributed by atoms with Gasteiger partial charge in [-0.2, -0.15) is 4.98 Å². The van der Waals surface area contributed by atoms with E-state index in [4.69, 9.17) is 4.74 Å². The molecule has 7 heteroatoms. The summed E-state index contributed by atoms with van der Waals surface area (Å²) in [6, 6.07) is 11.7. The van der Waals surface area contributed by atoms with Gasteiger partial charge in [0.15, 0.2) is 6.10 Å². The minimum Gasteiger partial charge on any atom is -0.481 e. The van der Waals surface area contributed by atoms with Crippen LogP contribution in [0.4, 0.5) is 11.8 Å². The molecule has 0 aliphatic heterocycles. The van der Waals surface area contributed by atoms with Crippen LogP contribution in [0.3, 0.4) is 0 Å². The predicted molar refractivity (Wildman–Crippen MR) is 115 cm³/mol. The average Bonchev–Trinajstić information content (AvgIpc) is 2.74. The number of amides is 1. The van der Waals surface area contributed by atoms with Crippen molar-refractivity contribution in [3.8, 4) is 5.75 Å². The van der Waals surface area contributed by atoms with Crippen molar-refractivity contribution in [2.45, 2.75) is 44.8 Å². The first-order valence-corrected chi connectivity index (χ1v) is 10.3. The summed E-state index contributed by atoms with van der Waals surface area (Å²) in [4.78, 5) is 23.1. The Kier molecular flexibility index (Phi) is 7.27. The summed E-state index contributed by atoms with van der Waals surface area (Å²) in [6.07, 6.45) is 5.51. The zero-order chi connectivity index (χ0) is 20.6. The van der Waals surface area contributed by atoms with Gasteiger partial charge in [-0.05, 0) is 56.7 Å². The number of aromatic nitrogens is 2. The fourth-order valence-electron chi connectivity index (χ4n) is 3.51. The third kappa shape index (κ3) is 6.34. The molecule has 1 atom stereocenters. The Hall–Kier alpha value is -2.83. The van der Waals surface area contributed by atoms with Crippen molar-refractivity contribution in [2.75, 3.05) is 30.9 Å². The maximum Gasteiger partial charge on any atom is 0.260 e. The van der Waals surface area contributed by atoms with Gasteiger partial charge in [-0.1, -0.05) is 18.2 Å². The first kappa shape index (κ1) is 20.9. The number of carbonyl (C=O) groups excluding carboxylic acids is 1. The van der Waals surface area contributed by atoms with Crippen LogP contribution in [-0.4, -0.2) is 48.7 Å². The summed E-state index contributed by atoms with van der Waals surface area (Å²) in [6.45, 7) is 2.48. The van der Waals surface area contributed by atoms with Gasteiger partial charge in [0.05, 0.1) is 0 Å². The molecule has 1 aliphatic rings. The molecule has 0 radical (unpaired) electrons. The quantitative estimate of drug-likeness (QED) is 0.713. The number of hydrogen-bond donors (Lipinski definition) is 2. The Balaban J connectivity index is 1.38. The number of hydrogen-bond acceptors (Lipinski definition) is 6. The standard InChI is InChI=1S/C22H31N5O2/c1-16(29-19-7-5-4-6-8-19)21(28)24-15-17-9-11-18(12-10-17)25-22-23-14-13-20(26-22)27(2)3/h4-8,13-14,16-18H,9-12,15H2,1-3H3,(H,24,28)(H,23,25,26). The Labute approximate surface area is 172 Å². The maximum absolute atomic E-state index is 12.3. The van der Waals surface area contributed by atoms with E-state index in [0.29, 0.717) is 30.2 Å². The van der Waals surface area contributed by atoms with E-state index in [0.717, 1.165) is 31.5 Å². The number of rotatable bonds is 8. The number of ether oxygens (including phenoxy) is 1. The van der Waals surface area contributed by atoms with E-state index in [-0.39, 0.29) is 5.91 Å². The lowest BCUT2D eigenvalue weighted by Gasteiger charge is -2.29. The normalized spacial score (nSPS) is 19.8. The number of benzene rings is 1. The monoisotopic (exact) mass is 397 g/mol. The summed E-state index contributed by atoms with van der Waals surface area (Å²) in [5, 5.41) is 6.49. The Morgan fingerprint density at radius 1 is 1.17 bits per heavy atom. The fourth-order valence-corrected chi connectivity index (χ4v) is 3.51. The van der Waals surface area contributed by atoms with Gasteiger partial charge in [-0.15, -0.1) is 0 Å². The first-order chi connectivity index (χ1) is 14.0. The van der Waals surface area contributed by atoms with Crippen molar-refractivity contribution in [1.82, 2.24) is 15.3 Å². The van der Waals surface area contributed by atoms with Gasteiger partial charge in [0.2, 0.25) is 5.95 Å². The van der Waals surface area contributed by atoms with Gasteiger partial charge >= 0.3 is 0 Å². The molecule has 1 saturated carbocycles. The molecule has 1 unspecified atom stereocenters. The predicted octanol–water partition coefficient (Wildman–Crippen LogP) is 3.10. The van der Waals surface area contributed by atoms with Gasteiger partial charge in [-0.25, -0.2) is 4.98 Å². The molecule has 2 N–H and O–H groups in total. The van der Waals surface area contributed by atoms with Gasteiger partial charge in [0.1, 0.15) is 11.6 Å². The van der Waals surface area contributed by atoms with Crippen LogP contribution in [0.2, 0.25) is 0 Å². The zero-order valence-corrected chi connectivity index (χ0v) is 17.5. The molecule has 1 fully saturated rings. The number of nitrogens with one attached hydrogen (secondary N) is 2. The topological polar surface area (TPSA) is 79.4 Å². The highest BCUT2D eigenvalue weighted by Gasteiger charge is 2.23. The number of anilines is 2. The van der Waals surface area contributed by atoms with Crippen LogP contribution in [-0.2, 0) is 4.79 Å². The largest absolute Gasteiger partial charge is 0.481 e. The Bertz CT molecular complexity index is 776. The van der Waals surface area contributed by atoms with Crippen LogP contribution in [0.1, 0.15) is 32.6 Å². The highest BCUT2D eigenvalue weighted by atomic mass is 16.5. The molecule has 1 amide bonds. The van der Waals surface area contributed by atoms with Crippen molar-refractivity contribution in [1.29, 1.82) is 0 Å². The second-order valence-electron chi connectivity index (χ2n) is 7.81. The summed E-state index contributed by atoms with van der Waals surface area (Å²) in [5.74, 6) is 2.71. The molecule has 2 aromatic rings. The van der Waals surface area contributed by atoms with E-state index >= 15 is 0 Å². The van der Waals surface area contributed by atoms with Crippen LogP contribution in [0, 0.1) is 5.92 Å².